The van der Waals surface area contributed by atoms with Crippen molar-refractivity contribution in [2.75, 3.05) is 5.32 Å². The van der Waals surface area contributed by atoms with Crippen molar-refractivity contribution in [1.29, 1.82) is 0 Å². The number of rotatable bonds is 4. The largest absolute Gasteiger partial charge is 0.481 e. The zero-order valence-corrected chi connectivity index (χ0v) is 10.5. The predicted octanol–water partition coefficient (Wildman–Crippen LogP) is 1.96. The molecule has 2 N–H and O–H groups in total. The Balaban J connectivity index is 2.06. The second-order valence-corrected chi connectivity index (χ2v) is 4.80. The van der Waals surface area contributed by atoms with Gasteiger partial charge in [0.1, 0.15) is 5.82 Å². The van der Waals surface area contributed by atoms with E-state index in [-0.39, 0.29) is 17.6 Å². The third kappa shape index (κ3) is 2.98. The highest BCUT2D eigenvalue weighted by molar-refractivity contribution is 5.70. The third-order valence-corrected chi connectivity index (χ3v) is 3.41. The molecule has 7 nitrogen and oxygen atoms in total. The number of pyridine rings is 1. The number of aryl methyl sites for hydroxylation is 1. The molecule has 0 aromatic carbocycles. The van der Waals surface area contributed by atoms with Crippen LogP contribution >= 0.6 is 0 Å². The molecule has 1 aromatic heterocycles. The van der Waals surface area contributed by atoms with Crippen LogP contribution in [0.1, 0.15) is 24.8 Å². The number of aliphatic carboxylic acids is 1. The summed E-state index contributed by atoms with van der Waals surface area (Å²) >= 11 is 0. The number of nitrogens with one attached hydrogen (secondary N) is 1. The Bertz CT molecular complexity index is 518. The number of nitrogens with zero attached hydrogens (tertiary/aromatic N) is 2. The number of anilines is 1. The molecule has 1 heterocycles. The molecule has 102 valence electrons. The van der Waals surface area contributed by atoms with Gasteiger partial charge in [-0.25, -0.2) is 4.98 Å². The molecule has 1 aliphatic rings. The van der Waals surface area contributed by atoms with Gasteiger partial charge in [0, 0.05) is 17.8 Å². The molecule has 0 spiro atoms. The molecular formula is C12H15N3O4. The summed E-state index contributed by atoms with van der Waals surface area (Å²) in [6.45, 7) is 1.63. The standard InChI is InChI=1S/C12H15N3O4/c1-7-6-13-11(5-10(7)15(18)19)14-9-3-2-8(4-9)12(16)17/h5-6,8-9H,2-4H2,1H3,(H,13,14)(H,16,17)/t8-,9+/m1/s1. The summed E-state index contributed by atoms with van der Waals surface area (Å²) < 4.78 is 0. The molecule has 1 aliphatic carbocycles. The van der Waals surface area contributed by atoms with Gasteiger partial charge < -0.3 is 10.4 Å². The summed E-state index contributed by atoms with van der Waals surface area (Å²) in [5, 5.41) is 22.8. The first-order valence-corrected chi connectivity index (χ1v) is 6.07. The van der Waals surface area contributed by atoms with Gasteiger partial charge in [0.05, 0.1) is 16.9 Å². The molecule has 2 atom stereocenters. The first-order chi connectivity index (χ1) is 8.97. The number of nitro groups is 1. The average molecular weight is 265 g/mol. The monoisotopic (exact) mass is 265 g/mol. The smallest absolute Gasteiger partial charge is 0.306 e. The van der Waals surface area contributed by atoms with Crippen molar-refractivity contribution in [3.05, 3.63) is 27.9 Å². The first-order valence-electron chi connectivity index (χ1n) is 6.07. The van der Waals surface area contributed by atoms with Gasteiger partial charge in [-0.2, -0.15) is 0 Å². The Hall–Kier alpha value is -2.18. The number of hydrogen-bond acceptors (Lipinski definition) is 5. The van der Waals surface area contributed by atoms with Crippen LogP contribution in [0.15, 0.2) is 12.3 Å². The molecule has 1 fully saturated rings. The number of carboxylic acid groups (broad SMARTS) is 1. The molecule has 0 saturated heterocycles. The molecule has 19 heavy (non-hydrogen) atoms. The normalized spacial score (nSPS) is 22.2. The lowest BCUT2D eigenvalue weighted by atomic mass is 10.1. The zero-order valence-electron chi connectivity index (χ0n) is 10.5. The molecule has 2 rings (SSSR count). The fraction of sp³-hybridized carbons (Fsp3) is 0.500. The van der Waals surface area contributed by atoms with Crippen molar-refractivity contribution < 1.29 is 14.8 Å². The molecular weight excluding hydrogens is 250 g/mol. The molecule has 0 aliphatic heterocycles. The predicted molar refractivity (Wildman–Crippen MR) is 68.0 cm³/mol. The van der Waals surface area contributed by atoms with E-state index >= 15 is 0 Å². The van der Waals surface area contributed by atoms with E-state index in [1.165, 1.54) is 12.3 Å². The third-order valence-electron chi connectivity index (χ3n) is 3.41. The highest BCUT2D eigenvalue weighted by atomic mass is 16.6. The van der Waals surface area contributed by atoms with E-state index in [4.69, 9.17) is 5.11 Å². The summed E-state index contributed by atoms with van der Waals surface area (Å²) in [5.74, 6) is -0.696. The van der Waals surface area contributed by atoms with E-state index < -0.39 is 10.9 Å². The van der Waals surface area contributed by atoms with E-state index in [1.54, 1.807) is 6.92 Å². The van der Waals surface area contributed by atoms with Crippen molar-refractivity contribution in [2.45, 2.75) is 32.2 Å². The minimum Gasteiger partial charge on any atom is -0.481 e. The molecule has 7 heteroatoms. The average Bonchev–Trinajstić information content (AvgIpc) is 2.80. The second kappa shape index (κ2) is 5.21. The van der Waals surface area contributed by atoms with Crippen molar-refractivity contribution >= 4 is 17.5 Å². The van der Waals surface area contributed by atoms with Crippen LogP contribution in [0.25, 0.3) is 0 Å². The van der Waals surface area contributed by atoms with Gasteiger partial charge in [-0.05, 0) is 26.2 Å². The van der Waals surface area contributed by atoms with Gasteiger partial charge in [-0.3, -0.25) is 14.9 Å². The Labute approximate surface area is 109 Å². The highest BCUT2D eigenvalue weighted by Gasteiger charge is 2.30. The van der Waals surface area contributed by atoms with Crippen LogP contribution in [0.5, 0.6) is 0 Å². The fourth-order valence-electron chi connectivity index (χ4n) is 2.33. The maximum atomic E-state index is 10.9. The molecule has 1 aromatic rings. The Morgan fingerprint density at radius 2 is 2.32 bits per heavy atom. The van der Waals surface area contributed by atoms with Crippen LogP contribution in [0.4, 0.5) is 11.5 Å². The Morgan fingerprint density at radius 3 is 2.89 bits per heavy atom. The van der Waals surface area contributed by atoms with Gasteiger partial charge in [-0.1, -0.05) is 0 Å². The number of hydrogen-bond donors (Lipinski definition) is 2. The number of carboxylic acids is 1. The molecule has 0 radical (unpaired) electrons. The first kappa shape index (κ1) is 13.3. The summed E-state index contributed by atoms with van der Waals surface area (Å²) in [7, 11) is 0. The fourth-order valence-corrected chi connectivity index (χ4v) is 2.33. The quantitative estimate of drug-likeness (QED) is 0.636. The van der Waals surface area contributed by atoms with Crippen LogP contribution in [-0.2, 0) is 4.79 Å². The van der Waals surface area contributed by atoms with E-state index in [2.05, 4.69) is 10.3 Å². The summed E-state index contributed by atoms with van der Waals surface area (Å²) in [5.41, 5.74) is 0.524. The number of aromatic nitrogens is 1. The molecule has 0 unspecified atom stereocenters. The van der Waals surface area contributed by atoms with Gasteiger partial charge in [-0.15, -0.1) is 0 Å². The van der Waals surface area contributed by atoms with E-state index in [0.717, 1.165) is 6.42 Å². The van der Waals surface area contributed by atoms with Crippen LogP contribution in [0.2, 0.25) is 0 Å². The van der Waals surface area contributed by atoms with Gasteiger partial charge >= 0.3 is 5.97 Å². The maximum Gasteiger partial charge on any atom is 0.306 e. The van der Waals surface area contributed by atoms with Crippen molar-refractivity contribution in [3.8, 4) is 0 Å². The summed E-state index contributed by atoms with van der Waals surface area (Å²) in [6.07, 6.45) is 3.34. The maximum absolute atomic E-state index is 10.9. The van der Waals surface area contributed by atoms with Crippen molar-refractivity contribution in [3.63, 3.8) is 0 Å². The zero-order chi connectivity index (χ0) is 14.0. The highest BCUT2D eigenvalue weighted by Crippen LogP contribution is 2.29. The second-order valence-electron chi connectivity index (χ2n) is 4.80. The lowest BCUT2D eigenvalue weighted by Gasteiger charge is -2.13. The van der Waals surface area contributed by atoms with Crippen molar-refractivity contribution in [2.24, 2.45) is 5.92 Å². The number of carbonyl (C=O) groups is 1. The van der Waals surface area contributed by atoms with E-state index in [0.29, 0.717) is 24.2 Å². The Morgan fingerprint density at radius 1 is 1.58 bits per heavy atom. The lowest BCUT2D eigenvalue weighted by Crippen LogP contribution is -2.18. The lowest BCUT2D eigenvalue weighted by molar-refractivity contribution is -0.385. The van der Waals surface area contributed by atoms with Gasteiger partial charge in [0.15, 0.2) is 0 Å². The van der Waals surface area contributed by atoms with Crippen LogP contribution in [0, 0.1) is 23.0 Å². The van der Waals surface area contributed by atoms with Gasteiger partial charge in [0.2, 0.25) is 0 Å². The topological polar surface area (TPSA) is 105 Å². The van der Waals surface area contributed by atoms with Gasteiger partial charge in [0.25, 0.3) is 5.69 Å². The van der Waals surface area contributed by atoms with E-state index in [1.807, 2.05) is 0 Å². The van der Waals surface area contributed by atoms with E-state index in [9.17, 15) is 14.9 Å². The minimum absolute atomic E-state index is 0.0101. The summed E-state index contributed by atoms with van der Waals surface area (Å²) in [6, 6.07) is 1.40. The SMILES string of the molecule is Cc1cnc(N[C@H]2CC[C@@H](C(=O)O)C2)cc1[N+](=O)[O-]. The van der Waals surface area contributed by atoms with Crippen LogP contribution in [-0.4, -0.2) is 27.0 Å². The van der Waals surface area contributed by atoms with Crippen LogP contribution in [0.3, 0.4) is 0 Å². The Kier molecular flexibility index (Phi) is 3.64. The minimum atomic E-state index is -0.785. The van der Waals surface area contributed by atoms with Crippen molar-refractivity contribution in [1.82, 2.24) is 4.98 Å². The molecule has 0 bridgehead atoms. The summed E-state index contributed by atoms with van der Waals surface area (Å²) in [4.78, 5) is 25.3. The molecule has 1 saturated carbocycles. The molecule has 0 amide bonds. The van der Waals surface area contributed by atoms with Crippen LogP contribution < -0.4 is 5.32 Å².